The van der Waals surface area contributed by atoms with Gasteiger partial charge in [0, 0.05) is 24.1 Å². The Kier molecular flexibility index (Phi) is 7.59. The Balaban J connectivity index is 1.12. The molecule has 4 aliphatic rings. The maximum atomic E-state index is 14.4. The molecule has 4 aliphatic carbocycles. The van der Waals surface area contributed by atoms with Crippen LogP contribution in [0.15, 0.2) is 89.2 Å². The molecular weight excluding hydrogens is 636 g/mol. The normalized spacial score (nSPS) is 31.0. The van der Waals surface area contributed by atoms with Crippen LogP contribution in [0.2, 0.25) is 0 Å². The Morgan fingerprint density at radius 3 is 2.70 bits per heavy atom. The number of non-ortho nitro benzene ring substituents is 1. The van der Waals surface area contributed by atoms with Crippen LogP contribution in [0.5, 0.6) is 0 Å². The van der Waals surface area contributed by atoms with Crippen LogP contribution >= 0.6 is 0 Å². The van der Waals surface area contributed by atoms with E-state index in [1.807, 2.05) is 49.5 Å². The smallest absolute Gasteiger partial charge is 0.375 e. The molecule has 6 unspecified atom stereocenters. The molecule has 1 amide bonds. The van der Waals surface area contributed by atoms with Crippen LogP contribution in [0.4, 0.5) is 5.69 Å². The molecule has 2 N–H and O–H groups in total. The third-order valence-electron chi connectivity index (χ3n) is 12.5. The fraction of sp³-hybridized carbons (Fsp3) is 0.410. The van der Waals surface area contributed by atoms with E-state index in [0.29, 0.717) is 31.4 Å². The van der Waals surface area contributed by atoms with Crippen molar-refractivity contribution in [3.8, 4) is 5.69 Å². The molecule has 0 spiro atoms. The number of aromatic nitrogens is 2. The van der Waals surface area contributed by atoms with Gasteiger partial charge in [-0.3, -0.25) is 14.9 Å². The van der Waals surface area contributed by atoms with Gasteiger partial charge >= 0.3 is 5.97 Å². The highest BCUT2D eigenvalue weighted by Gasteiger charge is 2.71. The number of hydrogen-bond donors (Lipinski definition) is 2. The summed E-state index contributed by atoms with van der Waals surface area (Å²) < 4.78 is 13.5. The lowest BCUT2D eigenvalue weighted by Crippen LogP contribution is -2.64. The fourth-order valence-electron chi connectivity index (χ4n) is 10.2. The first-order valence-corrected chi connectivity index (χ1v) is 17.3. The summed E-state index contributed by atoms with van der Waals surface area (Å²) in [5, 5.41) is 31.5. The fourth-order valence-corrected chi connectivity index (χ4v) is 10.2. The van der Waals surface area contributed by atoms with Gasteiger partial charge in [-0.25, -0.2) is 9.48 Å². The van der Waals surface area contributed by atoms with Crippen molar-refractivity contribution in [2.45, 2.75) is 70.6 Å². The Bertz CT molecular complexity index is 2000. The predicted octanol–water partition coefficient (Wildman–Crippen LogP) is 6.44. The van der Waals surface area contributed by atoms with Crippen LogP contribution in [0.3, 0.4) is 0 Å². The third-order valence-corrected chi connectivity index (χ3v) is 12.5. The SMILES string of the molecule is CC12Cc3cnn(-c4cccc([N+](=O)[O-])c4)c3C=C1CCC1C2C(O)CC2(C)C1CC[C@]2(OC(=O)c1ccco1)C(=O)NCc1ccccc1. The number of rotatable bonds is 7. The molecule has 0 radical (unpaired) electrons. The second-order valence-electron chi connectivity index (χ2n) is 14.9. The van der Waals surface area contributed by atoms with Crippen molar-refractivity contribution < 1.29 is 28.8 Å². The lowest BCUT2D eigenvalue weighted by molar-refractivity contribution is -0.384. The van der Waals surface area contributed by atoms with E-state index in [1.165, 1.54) is 30.0 Å². The lowest BCUT2D eigenvalue weighted by atomic mass is 9.45. The highest BCUT2D eigenvalue weighted by atomic mass is 16.6. The van der Waals surface area contributed by atoms with Gasteiger partial charge in [-0.15, -0.1) is 0 Å². The average molecular weight is 677 g/mol. The molecule has 3 fully saturated rings. The largest absolute Gasteiger partial charge is 0.457 e. The van der Waals surface area contributed by atoms with Crippen molar-refractivity contribution in [1.82, 2.24) is 15.1 Å². The summed E-state index contributed by atoms with van der Waals surface area (Å²) in [6.45, 7) is 4.55. The number of hydrogen-bond acceptors (Lipinski definition) is 8. The molecule has 2 aromatic carbocycles. The van der Waals surface area contributed by atoms with Gasteiger partial charge in [0.25, 0.3) is 11.6 Å². The minimum absolute atomic E-state index is 0.00478. The van der Waals surface area contributed by atoms with Gasteiger partial charge in [-0.1, -0.05) is 55.8 Å². The first-order chi connectivity index (χ1) is 24.0. The molecule has 50 heavy (non-hydrogen) atoms. The van der Waals surface area contributed by atoms with E-state index in [4.69, 9.17) is 9.15 Å². The first kappa shape index (κ1) is 32.2. The molecule has 11 nitrogen and oxygen atoms in total. The molecule has 0 bridgehead atoms. The zero-order valence-corrected chi connectivity index (χ0v) is 28.1. The second-order valence-corrected chi connectivity index (χ2v) is 14.9. The molecule has 4 aromatic rings. The summed E-state index contributed by atoms with van der Waals surface area (Å²) in [5.74, 6) is -0.982. The van der Waals surface area contributed by atoms with Crippen molar-refractivity contribution in [3.63, 3.8) is 0 Å². The standard InChI is InChI=1S/C39H40N4O7/c1-37-20-25-23-41-42(27-10-6-11-28(19-27)43(47)48)31(25)18-26(37)13-14-29-30-15-16-39(38(30,2)21-32(44)34(29)37,50-35(45)33-12-7-17-49-33)36(46)40-22-24-8-4-3-5-9-24/h3-12,17-19,23,29-30,32,34,44H,13-16,20-22H2,1-2H3,(H,40,46)/t29?,30?,32?,34?,37?,38?,39-/m0/s1. The summed E-state index contributed by atoms with van der Waals surface area (Å²) in [6, 6.07) is 19.3. The van der Waals surface area contributed by atoms with E-state index < -0.39 is 28.0 Å². The average Bonchev–Trinajstić information content (AvgIpc) is 3.85. The molecule has 3 saturated carbocycles. The number of carbonyl (C=O) groups excluding carboxylic acids is 2. The van der Waals surface area contributed by atoms with Crippen molar-refractivity contribution >= 4 is 23.6 Å². The molecule has 258 valence electrons. The van der Waals surface area contributed by atoms with E-state index in [2.05, 4.69) is 23.4 Å². The van der Waals surface area contributed by atoms with Crippen LogP contribution in [0.1, 0.15) is 73.3 Å². The Hall–Kier alpha value is -5.03. The monoisotopic (exact) mass is 676 g/mol. The maximum Gasteiger partial charge on any atom is 0.375 e. The highest BCUT2D eigenvalue weighted by Crippen LogP contribution is 2.68. The molecule has 8 rings (SSSR count). The minimum Gasteiger partial charge on any atom is -0.457 e. The highest BCUT2D eigenvalue weighted by molar-refractivity contribution is 5.93. The van der Waals surface area contributed by atoms with Crippen LogP contribution in [-0.4, -0.2) is 43.4 Å². The summed E-state index contributed by atoms with van der Waals surface area (Å²) in [7, 11) is 0. The van der Waals surface area contributed by atoms with E-state index in [0.717, 1.165) is 29.7 Å². The van der Waals surface area contributed by atoms with E-state index in [9.17, 15) is 24.8 Å². The molecule has 7 atom stereocenters. The number of furan rings is 1. The number of ether oxygens (including phenoxy) is 1. The second kappa shape index (κ2) is 11.8. The molecule has 2 heterocycles. The number of fused-ring (bicyclic) bond motifs is 6. The zero-order valence-electron chi connectivity index (χ0n) is 28.1. The van der Waals surface area contributed by atoms with Crippen LogP contribution < -0.4 is 5.32 Å². The summed E-state index contributed by atoms with van der Waals surface area (Å²) >= 11 is 0. The van der Waals surface area contributed by atoms with Crippen LogP contribution in [0, 0.1) is 38.7 Å². The lowest BCUT2D eigenvalue weighted by Gasteiger charge is -2.60. The van der Waals surface area contributed by atoms with E-state index in [-0.39, 0.29) is 47.1 Å². The number of aliphatic hydroxyl groups excluding tert-OH is 1. The van der Waals surface area contributed by atoms with E-state index >= 15 is 0 Å². The number of benzene rings is 2. The van der Waals surface area contributed by atoms with Gasteiger partial charge in [0.1, 0.15) is 0 Å². The number of nitrogens with zero attached hydrogens (tertiary/aromatic N) is 3. The Morgan fingerprint density at radius 2 is 1.94 bits per heavy atom. The number of aliphatic hydroxyl groups is 1. The predicted molar refractivity (Wildman–Crippen MR) is 183 cm³/mol. The quantitative estimate of drug-likeness (QED) is 0.129. The van der Waals surface area contributed by atoms with Crippen molar-refractivity contribution in [2.24, 2.45) is 28.6 Å². The molecular formula is C39H40N4O7. The van der Waals surface area contributed by atoms with E-state index in [1.54, 1.807) is 16.8 Å². The molecule has 2 aromatic heterocycles. The first-order valence-electron chi connectivity index (χ1n) is 17.3. The van der Waals surface area contributed by atoms with Crippen molar-refractivity contribution in [3.05, 3.63) is 117 Å². The number of nitro benzene ring substituents is 1. The van der Waals surface area contributed by atoms with Gasteiger partial charge in [0.05, 0.1) is 34.9 Å². The maximum absolute atomic E-state index is 14.4. The molecule has 0 aliphatic heterocycles. The number of nitrogens with one attached hydrogen (secondary N) is 1. The number of carbonyl (C=O) groups is 2. The molecule has 0 saturated heterocycles. The van der Waals surface area contributed by atoms with Crippen LogP contribution in [0.25, 0.3) is 11.8 Å². The van der Waals surface area contributed by atoms with Gasteiger partial charge < -0.3 is 19.6 Å². The van der Waals surface area contributed by atoms with Crippen LogP contribution in [-0.2, 0) is 22.5 Å². The van der Waals surface area contributed by atoms with Crippen molar-refractivity contribution in [2.75, 3.05) is 0 Å². The number of nitro groups is 1. The van der Waals surface area contributed by atoms with Gasteiger partial charge in [0.2, 0.25) is 5.76 Å². The topological polar surface area (TPSA) is 150 Å². The summed E-state index contributed by atoms with van der Waals surface area (Å²) in [4.78, 5) is 39.0. The Labute approximate surface area is 289 Å². The number of amides is 1. The van der Waals surface area contributed by atoms with Gasteiger partial charge in [-0.2, -0.15) is 5.10 Å². The summed E-state index contributed by atoms with van der Waals surface area (Å²) in [6.07, 6.45) is 8.26. The molecule has 11 heteroatoms. The number of esters is 1. The van der Waals surface area contributed by atoms with Gasteiger partial charge in [0.15, 0.2) is 5.60 Å². The third kappa shape index (κ3) is 4.85. The minimum atomic E-state index is -1.50. The zero-order chi connectivity index (χ0) is 34.8. The van der Waals surface area contributed by atoms with Gasteiger partial charge in [-0.05, 0) is 97.1 Å². The Morgan fingerprint density at radius 1 is 1.12 bits per heavy atom. The van der Waals surface area contributed by atoms with Crippen molar-refractivity contribution in [1.29, 1.82) is 0 Å². The summed E-state index contributed by atoms with van der Waals surface area (Å²) in [5.41, 5.74) is 2.03. The number of allylic oxidation sites excluding steroid dienone is 1.